The van der Waals surface area contributed by atoms with Gasteiger partial charge < -0.3 is 10.8 Å². The summed E-state index contributed by atoms with van der Waals surface area (Å²) in [6.45, 7) is 3.16. The molecule has 1 aromatic carbocycles. The second-order valence-corrected chi connectivity index (χ2v) is 3.89. The SMILES string of the molecule is CC(C)(O)C(C=Nc1ccccc1F)=CN. The van der Waals surface area contributed by atoms with Gasteiger partial charge in [-0.05, 0) is 26.0 Å². The molecular formula is C12H15FN2O. The standard InChI is InChI=1S/C12H15FN2O/c1-12(2,16)9(7-14)8-15-11-6-4-3-5-10(11)13/h3-8,16H,14H2,1-2H3. The van der Waals surface area contributed by atoms with Crippen LogP contribution in [0.1, 0.15) is 13.8 Å². The van der Waals surface area contributed by atoms with Gasteiger partial charge >= 0.3 is 0 Å². The third-order valence-electron chi connectivity index (χ3n) is 2.08. The first-order valence-corrected chi connectivity index (χ1v) is 4.88. The van der Waals surface area contributed by atoms with Crippen LogP contribution < -0.4 is 5.73 Å². The molecule has 0 amide bonds. The summed E-state index contributed by atoms with van der Waals surface area (Å²) in [4.78, 5) is 3.94. The summed E-state index contributed by atoms with van der Waals surface area (Å²) in [6, 6.07) is 6.14. The number of benzene rings is 1. The lowest BCUT2D eigenvalue weighted by atomic mass is 10.0. The fourth-order valence-electron chi connectivity index (χ4n) is 1.10. The lowest BCUT2D eigenvalue weighted by Crippen LogP contribution is -2.23. The fraction of sp³-hybridized carbons (Fsp3) is 0.250. The molecule has 1 aromatic rings. The Bertz CT molecular complexity index is 419. The zero-order chi connectivity index (χ0) is 12.2. The smallest absolute Gasteiger partial charge is 0.148 e. The van der Waals surface area contributed by atoms with Gasteiger partial charge in [-0.1, -0.05) is 12.1 Å². The van der Waals surface area contributed by atoms with Crippen LogP contribution in [-0.2, 0) is 0 Å². The Kier molecular flexibility index (Phi) is 3.79. The molecule has 3 N–H and O–H groups in total. The lowest BCUT2D eigenvalue weighted by molar-refractivity contribution is 0.126. The highest BCUT2D eigenvalue weighted by Crippen LogP contribution is 2.18. The van der Waals surface area contributed by atoms with Crippen molar-refractivity contribution < 1.29 is 9.50 Å². The van der Waals surface area contributed by atoms with Crippen LogP contribution in [0.4, 0.5) is 10.1 Å². The minimum absolute atomic E-state index is 0.214. The van der Waals surface area contributed by atoms with Gasteiger partial charge in [0.15, 0.2) is 0 Å². The van der Waals surface area contributed by atoms with E-state index < -0.39 is 11.4 Å². The molecule has 0 saturated carbocycles. The molecule has 0 heterocycles. The van der Waals surface area contributed by atoms with Crippen molar-refractivity contribution >= 4 is 11.9 Å². The van der Waals surface area contributed by atoms with Crippen molar-refractivity contribution in [2.75, 3.05) is 0 Å². The summed E-state index contributed by atoms with van der Waals surface area (Å²) in [7, 11) is 0. The highest BCUT2D eigenvalue weighted by molar-refractivity contribution is 5.83. The van der Waals surface area contributed by atoms with Crippen molar-refractivity contribution in [3.63, 3.8) is 0 Å². The fourth-order valence-corrected chi connectivity index (χ4v) is 1.10. The molecule has 0 aromatic heterocycles. The second kappa shape index (κ2) is 4.90. The molecular weight excluding hydrogens is 207 g/mol. The van der Waals surface area contributed by atoms with Crippen molar-refractivity contribution in [2.24, 2.45) is 10.7 Å². The summed E-state index contributed by atoms with van der Waals surface area (Å²) in [5.41, 5.74) is 4.90. The molecule has 86 valence electrons. The number of hydrogen-bond donors (Lipinski definition) is 2. The Labute approximate surface area is 94.1 Å². The monoisotopic (exact) mass is 222 g/mol. The zero-order valence-electron chi connectivity index (χ0n) is 9.31. The molecule has 0 aliphatic rings. The van der Waals surface area contributed by atoms with Crippen LogP contribution in [0.2, 0.25) is 0 Å². The molecule has 0 bridgehead atoms. The van der Waals surface area contributed by atoms with Gasteiger partial charge in [0, 0.05) is 18.0 Å². The summed E-state index contributed by atoms with van der Waals surface area (Å²) in [5, 5.41) is 9.69. The molecule has 0 radical (unpaired) electrons. The van der Waals surface area contributed by atoms with E-state index in [9.17, 15) is 9.50 Å². The van der Waals surface area contributed by atoms with Crippen molar-refractivity contribution in [3.05, 3.63) is 41.9 Å². The molecule has 0 spiro atoms. The third-order valence-corrected chi connectivity index (χ3v) is 2.08. The lowest BCUT2D eigenvalue weighted by Gasteiger charge is -2.17. The second-order valence-electron chi connectivity index (χ2n) is 3.89. The van der Waals surface area contributed by atoms with Gasteiger partial charge in [-0.15, -0.1) is 0 Å². The van der Waals surface area contributed by atoms with Crippen LogP contribution in [-0.4, -0.2) is 16.9 Å². The molecule has 16 heavy (non-hydrogen) atoms. The van der Waals surface area contributed by atoms with Gasteiger partial charge in [-0.3, -0.25) is 4.99 Å². The minimum Gasteiger partial charge on any atom is -0.404 e. The topological polar surface area (TPSA) is 58.6 Å². The molecule has 0 unspecified atom stereocenters. The highest BCUT2D eigenvalue weighted by Gasteiger charge is 2.17. The molecule has 3 nitrogen and oxygen atoms in total. The number of nitrogens with zero attached hydrogens (tertiary/aromatic N) is 1. The molecule has 0 fully saturated rings. The van der Waals surface area contributed by atoms with Crippen LogP contribution >= 0.6 is 0 Å². The molecule has 1 rings (SSSR count). The van der Waals surface area contributed by atoms with Gasteiger partial charge in [0.05, 0.1) is 11.3 Å². The van der Waals surface area contributed by atoms with Crippen molar-refractivity contribution in [1.29, 1.82) is 0 Å². The van der Waals surface area contributed by atoms with Crippen LogP contribution in [0.5, 0.6) is 0 Å². The number of aliphatic hydroxyl groups is 1. The maximum Gasteiger partial charge on any atom is 0.148 e. The summed E-state index contributed by atoms with van der Waals surface area (Å²) in [5.74, 6) is -0.411. The van der Waals surface area contributed by atoms with E-state index in [0.717, 1.165) is 0 Å². The van der Waals surface area contributed by atoms with E-state index in [2.05, 4.69) is 4.99 Å². The average Bonchev–Trinajstić information content (AvgIpc) is 2.19. The Morgan fingerprint density at radius 3 is 2.56 bits per heavy atom. The van der Waals surface area contributed by atoms with Gasteiger partial charge in [0.1, 0.15) is 5.82 Å². The zero-order valence-corrected chi connectivity index (χ0v) is 9.31. The Balaban J connectivity index is 2.94. The van der Waals surface area contributed by atoms with Gasteiger partial charge in [0.2, 0.25) is 0 Å². The first-order valence-electron chi connectivity index (χ1n) is 4.88. The van der Waals surface area contributed by atoms with E-state index in [1.165, 1.54) is 18.5 Å². The predicted molar refractivity (Wildman–Crippen MR) is 63.1 cm³/mol. The predicted octanol–water partition coefficient (Wildman–Crippen LogP) is 2.14. The first kappa shape index (κ1) is 12.4. The van der Waals surface area contributed by atoms with Crippen LogP contribution in [0.3, 0.4) is 0 Å². The number of hydrogen-bond acceptors (Lipinski definition) is 3. The normalized spacial score (nSPS) is 13.4. The summed E-state index contributed by atoms with van der Waals surface area (Å²) in [6.07, 6.45) is 2.61. The molecule has 0 atom stereocenters. The molecule has 0 aliphatic carbocycles. The Hall–Kier alpha value is -1.68. The molecule has 4 heteroatoms. The number of rotatable bonds is 3. The van der Waals surface area contributed by atoms with Crippen LogP contribution in [0, 0.1) is 5.82 Å². The van der Waals surface area contributed by atoms with E-state index in [-0.39, 0.29) is 5.69 Å². The van der Waals surface area contributed by atoms with E-state index in [0.29, 0.717) is 5.57 Å². The van der Waals surface area contributed by atoms with Crippen molar-refractivity contribution in [3.8, 4) is 0 Å². The van der Waals surface area contributed by atoms with Crippen LogP contribution in [0.15, 0.2) is 41.0 Å². The number of aliphatic imine (C=N–C) groups is 1. The molecule has 0 saturated heterocycles. The van der Waals surface area contributed by atoms with Crippen LogP contribution in [0.25, 0.3) is 0 Å². The maximum atomic E-state index is 13.2. The number of para-hydroxylation sites is 1. The third kappa shape index (κ3) is 3.17. The quantitative estimate of drug-likeness (QED) is 0.770. The van der Waals surface area contributed by atoms with E-state index in [1.54, 1.807) is 32.0 Å². The molecule has 0 aliphatic heterocycles. The Morgan fingerprint density at radius 1 is 1.44 bits per heavy atom. The first-order chi connectivity index (χ1) is 7.45. The highest BCUT2D eigenvalue weighted by atomic mass is 19.1. The minimum atomic E-state index is -1.09. The van der Waals surface area contributed by atoms with E-state index >= 15 is 0 Å². The maximum absolute atomic E-state index is 13.2. The number of nitrogens with two attached hydrogens (primary N) is 1. The Morgan fingerprint density at radius 2 is 2.06 bits per heavy atom. The van der Waals surface area contributed by atoms with E-state index in [4.69, 9.17) is 5.73 Å². The average molecular weight is 222 g/mol. The van der Waals surface area contributed by atoms with Crippen molar-refractivity contribution in [2.45, 2.75) is 19.4 Å². The van der Waals surface area contributed by atoms with Gasteiger partial charge in [-0.25, -0.2) is 4.39 Å². The summed E-state index contributed by atoms with van der Waals surface area (Å²) >= 11 is 0. The van der Waals surface area contributed by atoms with Crippen molar-refractivity contribution in [1.82, 2.24) is 0 Å². The van der Waals surface area contributed by atoms with E-state index in [1.807, 2.05) is 0 Å². The van der Waals surface area contributed by atoms with Gasteiger partial charge in [0.25, 0.3) is 0 Å². The largest absolute Gasteiger partial charge is 0.404 e. The van der Waals surface area contributed by atoms with Gasteiger partial charge in [-0.2, -0.15) is 0 Å². The summed E-state index contributed by atoms with van der Waals surface area (Å²) < 4.78 is 13.2. The number of halogens is 1.